The number of amides is 1. The number of rotatable bonds is 3. The van der Waals surface area contributed by atoms with Crippen molar-refractivity contribution in [3.8, 4) is 5.75 Å². The topological polar surface area (TPSA) is 58.6 Å². The molecule has 2 N–H and O–H groups in total. The van der Waals surface area contributed by atoms with E-state index in [2.05, 4.69) is 5.32 Å². The van der Waals surface area contributed by atoms with Crippen LogP contribution in [0.25, 0.3) is 0 Å². The van der Waals surface area contributed by atoms with Crippen molar-refractivity contribution in [1.82, 2.24) is 5.32 Å². The summed E-state index contributed by atoms with van der Waals surface area (Å²) in [5.74, 6) is -1.57. The maximum Gasteiger partial charge on any atom is 0.258 e. The molecule has 0 bridgehead atoms. The van der Waals surface area contributed by atoms with Gasteiger partial charge in [-0.05, 0) is 25.0 Å². The molecular formula is C13H15ClFNO3. The number of carbonyl (C=O) groups excluding carboxylic acids is 1. The summed E-state index contributed by atoms with van der Waals surface area (Å²) in [5.41, 5.74) is -0.954. The van der Waals surface area contributed by atoms with E-state index in [-0.39, 0.29) is 17.2 Å². The van der Waals surface area contributed by atoms with Gasteiger partial charge in [-0.25, -0.2) is 4.39 Å². The van der Waals surface area contributed by atoms with Crippen LogP contribution in [0.5, 0.6) is 5.75 Å². The summed E-state index contributed by atoms with van der Waals surface area (Å²) in [6, 6.07) is 3.74. The maximum atomic E-state index is 13.6. The fourth-order valence-corrected chi connectivity index (χ4v) is 2.43. The molecule has 0 radical (unpaired) electrons. The minimum atomic E-state index is -0.755. The largest absolute Gasteiger partial charge is 0.507 e. The molecule has 1 heterocycles. The van der Waals surface area contributed by atoms with Gasteiger partial charge in [0.05, 0.1) is 5.54 Å². The van der Waals surface area contributed by atoms with Gasteiger partial charge in [0.1, 0.15) is 17.1 Å². The Morgan fingerprint density at radius 3 is 2.74 bits per heavy atom. The lowest BCUT2D eigenvalue weighted by molar-refractivity contribution is 0.0432. The van der Waals surface area contributed by atoms with Crippen LogP contribution in [0.2, 0.25) is 0 Å². The first kappa shape index (κ1) is 14.1. The first-order valence-corrected chi connectivity index (χ1v) is 6.55. The van der Waals surface area contributed by atoms with Crippen molar-refractivity contribution in [2.75, 3.05) is 19.1 Å². The Kier molecular flexibility index (Phi) is 4.27. The monoisotopic (exact) mass is 287 g/mol. The van der Waals surface area contributed by atoms with Gasteiger partial charge in [0.2, 0.25) is 0 Å². The number of hydrogen-bond acceptors (Lipinski definition) is 3. The van der Waals surface area contributed by atoms with E-state index < -0.39 is 17.3 Å². The highest BCUT2D eigenvalue weighted by Gasteiger charge is 2.34. The number of halogens is 2. The lowest BCUT2D eigenvalue weighted by Gasteiger charge is -2.36. The van der Waals surface area contributed by atoms with E-state index in [1.54, 1.807) is 0 Å². The molecule has 1 fully saturated rings. The second kappa shape index (κ2) is 5.75. The van der Waals surface area contributed by atoms with Gasteiger partial charge in [0.25, 0.3) is 5.91 Å². The summed E-state index contributed by atoms with van der Waals surface area (Å²) in [4.78, 5) is 12.1. The second-order valence-electron chi connectivity index (χ2n) is 4.61. The third-order valence-corrected chi connectivity index (χ3v) is 3.81. The molecule has 104 valence electrons. The van der Waals surface area contributed by atoms with E-state index in [0.29, 0.717) is 26.1 Å². The molecule has 1 aliphatic rings. The highest BCUT2D eigenvalue weighted by Crippen LogP contribution is 2.25. The first-order valence-electron chi connectivity index (χ1n) is 6.02. The summed E-state index contributed by atoms with van der Waals surface area (Å²) in [6.07, 6.45) is 1.13. The molecule has 0 unspecified atom stereocenters. The fourth-order valence-electron chi connectivity index (χ4n) is 2.10. The fraction of sp³-hybridized carbons (Fsp3) is 0.462. The molecule has 1 amide bonds. The molecule has 0 spiro atoms. The summed E-state index contributed by atoms with van der Waals surface area (Å²) in [5, 5.41) is 12.3. The van der Waals surface area contributed by atoms with Crippen LogP contribution in [0, 0.1) is 5.82 Å². The smallest absolute Gasteiger partial charge is 0.258 e. The molecule has 0 atom stereocenters. The molecule has 2 rings (SSSR count). The quantitative estimate of drug-likeness (QED) is 0.837. The van der Waals surface area contributed by atoms with Crippen LogP contribution < -0.4 is 5.32 Å². The number of ether oxygens (including phenoxy) is 1. The Labute approximate surface area is 115 Å². The van der Waals surface area contributed by atoms with Crippen molar-refractivity contribution in [2.24, 2.45) is 0 Å². The Morgan fingerprint density at radius 2 is 2.16 bits per heavy atom. The normalized spacial score (nSPS) is 18.0. The third kappa shape index (κ3) is 2.98. The number of alkyl halides is 1. The zero-order valence-electron chi connectivity index (χ0n) is 10.3. The minimum Gasteiger partial charge on any atom is -0.507 e. The number of aromatic hydroxyl groups is 1. The molecule has 1 aromatic carbocycles. The third-order valence-electron chi connectivity index (χ3n) is 3.30. The van der Waals surface area contributed by atoms with E-state index >= 15 is 0 Å². The number of phenols is 1. The lowest BCUT2D eigenvalue weighted by Crippen LogP contribution is -2.53. The van der Waals surface area contributed by atoms with E-state index in [1.165, 1.54) is 12.1 Å². The van der Waals surface area contributed by atoms with Crippen molar-refractivity contribution in [3.63, 3.8) is 0 Å². The van der Waals surface area contributed by atoms with Gasteiger partial charge in [-0.15, -0.1) is 11.6 Å². The standard InChI is InChI=1S/C13H15ClFNO3/c14-8-13(4-6-19-7-5-13)16-12(18)11-9(15)2-1-3-10(11)17/h1-3,17H,4-8H2,(H,16,18). The predicted molar refractivity (Wildman–Crippen MR) is 69.0 cm³/mol. The van der Waals surface area contributed by atoms with Crippen LogP contribution in [-0.2, 0) is 4.74 Å². The van der Waals surface area contributed by atoms with Crippen LogP contribution in [0.15, 0.2) is 18.2 Å². The average Bonchev–Trinajstić information content (AvgIpc) is 2.39. The highest BCUT2D eigenvalue weighted by molar-refractivity contribution is 6.19. The molecule has 6 heteroatoms. The van der Waals surface area contributed by atoms with Crippen molar-refractivity contribution in [1.29, 1.82) is 0 Å². The molecule has 4 nitrogen and oxygen atoms in total. The Morgan fingerprint density at radius 1 is 1.47 bits per heavy atom. The molecule has 0 aromatic heterocycles. The van der Waals surface area contributed by atoms with Gasteiger partial charge in [0.15, 0.2) is 0 Å². The molecule has 1 saturated heterocycles. The zero-order valence-corrected chi connectivity index (χ0v) is 11.0. The second-order valence-corrected chi connectivity index (χ2v) is 4.88. The lowest BCUT2D eigenvalue weighted by atomic mass is 9.91. The van der Waals surface area contributed by atoms with Gasteiger partial charge < -0.3 is 15.2 Å². The number of benzene rings is 1. The van der Waals surface area contributed by atoms with Gasteiger partial charge in [-0.3, -0.25) is 4.79 Å². The SMILES string of the molecule is O=C(NC1(CCl)CCOCC1)c1c(O)cccc1F. The van der Waals surface area contributed by atoms with Crippen molar-refractivity contribution in [2.45, 2.75) is 18.4 Å². The number of nitrogens with one attached hydrogen (secondary N) is 1. The van der Waals surface area contributed by atoms with E-state index in [4.69, 9.17) is 16.3 Å². The molecule has 1 aromatic rings. The average molecular weight is 288 g/mol. The van der Waals surface area contributed by atoms with E-state index in [0.717, 1.165) is 6.07 Å². The van der Waals surface area contributed by atoms with Crippen LogP contribution in [-0.4, -0.2) is 35.6 Å². The predicted octanol–water partition coefficient (Wildman–Crippen LogP) is 2.05. The van der Waals surface area contributed by atoms with Gasteiger partial charge in [-0.1, -0.05) is 6.07 Å². The van der Waals surface area contributed by atoms with Gasteiger partial charge in [-0.2, -0.15) is 0 Å². The van der Waals surface area contributed by atoms with Crippen molar-refractivity contribution < 1.29 is 19.0 Å². The summed E-state index contributed by atoms with van der Waals surface area (Å²) >= 11 is 5.92. The first-order chi connectivity index (χ1) is 9.08. The molecule has 19 heavy (non-hydrogen) atoms. The highest BCUT2D eigenvalue weighted by atomic mass is 35.5. The minimum absolute atomic E-state index is 0.220. The molecular weight excluding hydrogens is 273 g/mol. The summed E-state index contributed by atoms with van der Waals surface area (Å²) < 4.78 is 18.8. The number of carbonyl (C=O) groups is 1. The van der Waals surface area contributed by atoms with E-state index in [1.807, 2.05) is 0 Å². The Hall–Kier alpha value is -1.33. The van der Waals surface area contributed by atoms with Gasteiger partial charge >= 0.3 is 0 Å². The molecule has 0 saturated carbocycles. The van der Waals surface area contributed by atoms with Crippen LogP contribution in [0.3, 0.4) is 0 Å². The van der Waals surface area contributed by atoms with Crippen molar-refractivity contribution in [3.05, 3.63) is 29.6 Å². The Balaban J connectivity index is 2.20. The Bertz CT molecular complexity index is 455. The number of phenolic OH excluding ortho intramolecular Hbond substituents is 1. The van der Waals surface area contributed by atoms with Crippen LogP contribution >= 0.6 is 11.6 Å². The summed E-state index contributed by atoms with van der Waals surface area (Å²) in [6.45, 7) is 0.993. The van der Waals surface area contributed by atoms with Crippen molar-refractivity contribution >= 4 is 17.5 Å². The maximum absolute atomic E-state index is 13.6. The van der Waals surface area contributed by atoms with Crippen LogP contribution in [0.1, 0.15) is 23.2 Å². The summed E-state index contributed by atoms with van der Waals surface area (Å²) in [7, 11) is 0. The van der Waals surface area contributed by atoms with Gasteiger partial charge in [0, 0.05) is 19.1 Å². The molecule has 1 aliphatic heterocycles. The zero-order chi connectivity index (χ0) is 13.9. The van der Waals surface area contributed by atoms with E-state index in [9.17, 15) is 14.3 Å². The number of hydrogen-bond donors (Lipinski definition) is 2. The van der Waals surface area contributed by atoms with Crippen LogP contribution in [0.4, 0.5) is 4.39 Å². The molecule has 0 aliphatic carbocycles.